The van der Waals surface area contributed by atoms with Crippen molar-refractivity contribution in [3.05, 3.63) is 24.3 Å². The van der Waals surface area contributed by atoms with E-state index >= 15 is 0 Å². The molecule has 1 aliphatic rings. The summed E-state index contributed by atoms with van der Waals surface area (Å²) in [5.41, 5.74) is 1.10. The second-order valence-corrected chi connectivity index (χ2v) is 5.39. The summed E-state index contributed by atoms with van der Waals surface area (Å²) in [5, 5.41) is 3.47. The Hall–Kier alpha value is -0.870. The molecule has 0 saturated carbocycles. The average Bonchev–Trinajstić information content (AvgIpc) is 2.31. The lowest BCUT2D eigenvalue weighted by Gasteiger charge is -2.24. The van der Waals surface area contributed by atoms with E-state index in [1.165, 1.54) is 0 Å². The van der Waals surface area contributed by atoms with E-state index in [-0.39, 0.29) is 0 Å². The van der Waals surface area contributed by atoms with Gasteiger partial charge in [-0.2, -0.15) is 0 Å². The highest BCUT2D eigenvalue weighted by Crippen LogP contribution is 2.16. The van der Waals surface area contributed by atoms with Crippen LogP contribution in [0.25, 0.3) is 0 Å². The van der Waals surface area contributed by atoms with Crippen molar-refractivity contribution in [3.63, 3.8) is 0 Å². The summed E-state index contributed by atoms with van der Waals surface area (Å²) >= 11 is 0. The fraction of sp³-hybridized carbons (Fsp3) is 0.500. The van der Waals surface area contributed by atoms with Gasteiger partial charge < -0.3 is 10.1 Å². The standard InChI is InChI=1S/C12H17NO2S/c1-16(14)12-4-2-10(3-5-12)13-11-6-8-15-9-7-11/h2-5,11,13H,6-9H2,1H3. The Morgan fingerprint density at radius 3 is 2.44 bits per heavy atom. The summed E-state index contributed by atoms with van der Waals surface area (Å²) in [6.45, 7) is 1.68. The molecule has 0 aliphatic carbocycles. The van der Waals surface area contributed by atoms with Crippen LogP contribution in [-0.4, -0.2) is 29.7 Å². The topological polar surface area (TPSA) is 38.3 Å². The normalized spacial score (nSPS) is 19.3. The molecule has 0 spiro atoms. The number of anilines is 1. The molecule has 2 rings (SSSR count). The minimum absolute atomic E-state index is 0.506. The van der Waals surface area contributed by atoms with Gasteiger partial charge in [-0.25, -0.2) is 0 Å². The van der Waals surface area contributed by atoms with E-state index in [0.29, 0.717) is 6.04 Å². The molecular formula is C12H17NO2S. The van der Waals surface area contributed by atoms with Gasteiger partial charge in [0, 0.05) is 46.9 Å². The fourth-order valence-corrected chi connectivity index (χ4v) is 2.34. The fourth-order valence-electron chi connectivity index (χ4n) is 1.82. The molecule has 0 amide bonds. The highest BCUT2D eigenvalue weighted by Gasteiger charge is 2.12. The number of hydrogen-bond acceptors (Lipinski definition) is 3. The van der Waals surface area contributed by atoms with Gasteiger partial charge in [-0.3, -0.25) is 4.21 Å². The zero-order valence-corrected chi connectivity index (χ0v) is 10.3. The molecule has 1 aromatic rings. The van der Waals surface area contributed by atoms with E-state index in [9.17, 15) is 4.21 Å². The van der Waals surface area contributed by atoms with Crippen molar-refractivity contribution >= 4 is 16.5 Å². The first-order valence-corrected chi connectivity index (χ1v) is 7.09. The smallest absolute Gasteiger partial charge is 0.0498 e. The number of nitrogens with one attached hydrogen (secondary N) is 1. The molecule has 4 heteroatoms. The summed E-state index contributed by atoms with van der Waals surface area (Å²) < 4.78 is 16.5. The van der Waals surface area contributed by atoms with Crippen LogP contribution in [-0.2, 0) is 15.5 Å². The van der Waals surface area contributed by atoms with Crippen LogP contribution in [0, 0.1) is 0 Å². The maximum Gasteiger partial charge on any atom is 0.0498 e. The number of hydrogen-bond donors (Lipinski definition) is 1. The summed E-state index contributed by atoms with van der Waals surface area (Å²) in [6.07, 6.45) is 3.81. The molecule has 1 saturated heterocycles. The first-order chi connectivity index (χ1) is 7.75. The van der Waals surface area contributed by atoms with Crippen LogP contribution in [0.4, 0.5) is 5.69 Å². The van der Waals surface area contributed by atoms with Gasteiger partial charge in [-0.15, -0.1) is 0 Å². The van der Waals surface area contributed by atoms with Crippen LogP contribution in [0.2, 0.25) is 0 Å². The van der Waals surface area contributed by atoms with Crippen molar-refractivity contribution in [1.29, 1.82) is 0 Å². The third-order valence-electron chi connectivity index (χ3n) is 2.78. The van der Waals surface area contributed by atoms with Crippen molar-refractivity contribution < 1.29 is 8.95 Å². The molecule has 0 aromatic heterocycles. The highest BCUT2D eigenvalue weighted by molar-refractivity contribution is 7.84. The molecule has 16 heavy (non-hydrogen) atoms. The molecular weight excluding hydrogens is 222 g/mol. The van der Waals surface area contributed by atoms with Gasteiger partial charge in [0.25, 0.3) is 0 Å². The SMILES string of the molecule is CS(=O)c1ccc(NC2CCOCC2)cc1. The average molecular weight is 239 g/mol. The van der Waals surface area contributed by atoms with Gasteiger partial charge in [0.05, 0.1) is 0 Å². The van der Waals surface area contributed by atoms with Crippen molar-refractivity contribution in [1.82, 2.24) is 0 Å². The third-order valence-corrected chi connectivity index (χ3v) is 3.71. The quantitative estimate of drug-likeness (QED) is 0.877. The lowest BCUT2D eigenvalue weighted by molar-refractivity contribution is 0.0904. The number of benzene rings is 1. The Bertz CT molecular complexity index is 358. The van der Waals surface area contributed by atoms with Crippen molar-refractivity contribution in [2.24, 2.45) is 0 Å². The Balaban J connectivity index is 1.96. The zero-order chi connectivity index (χ0) is 11.4. The van der Waals surface area contributed by atoms with Crippen LogP contribution in [0.5, 0.6) is 0 Å². The molecule has 88 valence electrons. The minimum atomic E-state index is -0.892. The van der Waals surface area contributed by atoms with Gasteiger partial charge in [0.15, 0.2) is 0 Å². The molecule has 1 aliphatic heterocycles. The molecule has 1 N–H and O–H groups in total. The maximum absolute atomic E-state index is 11.2. The molecule has 1 unspecified atom stereocenters. The molecule has 0 radical (unpaired) electrons. The summed E-state index contributed by atoms with van der Waals surface area (Å²) in [4.78, 5) is 0.873. The predicted molar refractivity (Wildman–Crippen MR) is 66.2 cm³/mol. The van der Waals surface area contributed by atoms with Gasteiger partial charge in [-0.1, -0.05) is 0 Å². The monoisotopic (exact) mass is 239 g/mol. The molecule has 1 heterocycles. The zero-order valence-electron chi connectivity index (χ0n) is 9.44. The van der Waals surface area contributed by atoms with Crippen molar-refractivity contribution in [2.45, 2.75) is 23.8 Å². The second-order valence-electron chi connectivity index (χ2n) is 4.01. The summed E-state index contributed by atoms with van der Waals surface area (Å²) in [6, 6.07) is 8.32. The third kappa shape index (κ3) is 3.06. The van der Waals surface area contributed by atoms with Gasteiger partial charge in [0.1, 0.15) is 0 Å². The highest BCUT2D eigenvalue weighted by atomic mass is 32.2. The van der Waals surface area contributed by atoms with Crippen LogP contribution >= 0.6 is 0 Å². The molecule has 1 fully saturated rings. The first kappa shape index (κ1) is 11.6. The lowest BCUT2D eigenvalue weighted by atomic mass is 10.1. The lowest BCUT2D eigenvalue weighted by Crippen LogP contribution is -2.27. The molecule has 1 aromatic carbocycles. The van der Waals surface area contributed by atoms with E-state index in [4.69, 9.17) is 4.74 Å². The summed E-state index contributed by atoms with van der Waals surface area (Å²) in [7, 11) is -0.892. The molecule has 3 nitrogen and oxygen atoms in total. The van der Waals surface area contributed by atoms with Gasteiger partial charge in [-0.05, 0) is 37.1 Å². The second kappa shape index (κ2) is 5.46. The molecule has 1 atom stereocenters. The van der Waals surface area contributed by atoms with Crippen LogP contribution in [0.3, 0.4) is 0 Å². The minimum Gasteiger partial charge on any atom is -0.382 e. The number of ether oxygens (including phenoxy) is 1. The Morgan fingerprint density at radius 2 is 1.88 bits per heavy atom. The predicted octanol–water partition coefficient (Wildman–Crippen LogP) is 2.01. The Morgan fingerprint density at radius 1 is 1.25 bits per heavy atom. The van der Waals surface area contributed by atoms with Gasteiger partial charge in [0.2, 0.25) is 0 Å². The molecule has 0 bridgehead atoms. The van der Waals surface area contributed by atoms with Crippen LogP contribution < -0.4 is 5.32 Å². The maximum atomic E-state index is 11.2. The van der Waals surface area contributed by atoms with Crippen LogP contribution in [0.15, 0.2) is 29.2 Å². The van der Waals surface area contributed by atoms with E-state index < -0.39 is 10.8 Å². The van der Waals surface area contributed by atoms with E-state index in [0.717, 1.165) is 36.6 Å². The summed E-state index contributed by atoms with van der Waals surface area (Å²) in [5.74, 6) is 0. The Kier molecular flexibility index (Phi) is 3.96. The van der Waals surface area contributed by atoms with Crippen molar-refractivity contribution in [3.8, 4) is 0 Å². The number of rotatable bonds is 3. The largest absolute Gasteiger partial charge is 0.382 e. The van der Waals surface area contributed by atoms with E-state index in [1.807, 2.05) is 24.3 Å². The van der Waals surface area contributed by atoms with E-state index in [1.54, 1.807) is 6.26 Å². The van der Waals surface area contributed by atoms with Crippen LogP contribution in [0.1, 0.15) is 12.8 Å². The first-order valence-electron chi connectivity index (χ1n) is 5.53. The van der Waals surface area contributed by atoms with Gasteiger partial charge >= 0.3 is 0 Å². The Labute approximate surface area is 98.7 Å². The van der Waals surface area contributed by atoms with Crippen molar-refractivity contribution in [2.75, 3.05) is 24.8 Å². The van der Waals surface area contributed by atoms with E-state index in [2.05, 4.69) is 5.32 Å².